The molecule has 1 aromatic carbocycles. The minimum atomic E-state index is -0.0389. The lowest BCUT2D eigenvalue weighted by atomic mass is 10.1. The summed E-state index contributed by atoms with van der Waals surface area (Å²) < 4.78 is 5.47. The quantitative estimate of drug-likeness (QED) is 0.763. The number of benzene rings is 1. The van der Waals surface area contributed by atoms with Gasteiger partial charge in [0.25, 0.3) is 0 Å². The molecule has 0 saturated heterocycles. The molecule has 5 heteroatoms. The average Bonchev–Trinajstić information content (AvgIpc) is 2.92. The molecule has 0 fully saturated rings. The van der Waals surface area contributed by atoms with Gasteiger partial charge in [0.15, 0.2) is 0 Å². The Bertz CT molecular complexity index is 567. The highest BCUT2D eigenvalue weighted by molar-refractivity contribution is 5.40. The number of rotatable bonds is 6. The first-order chi connectivity index (χ1) is 9.99. The fraction of sp³-hybridized carbons (Fsp3) is 0.375. The largest absolute Gasteiger partial charge is 0.508 e. The Kier molecular flexibility index (Phi) is 4.88. The molecule has 0 spiro atoms. The first-order valence-electron chi connectivity index (χ1n) is 6.94. The van der Waals surface area contributed by atoms with E-state index in [2.05, 4.69) is 10.2 Å². The second-order valence-electron chi connectivity index (χ2n) is 5.37. The summed E-state index contributed by atoms with van der Waals surface area (Å²) in [7, 11) is 4.00. The smallest absolute Gasteiger partial charge is 0.124 e. The van der Waals surface area contributed by atoms with Crippen LogP contribution in [0, 0.1) is 0 Å². The van der Waals surface area contributed by atoms with Crippen LogP contribution in [0.25, 0.3) is 0 Å². The van der Waals surface area contributed by atoms with Crippen molar-refractivity contribution in [3.05, 3.63) is 47.9 Å². The number of nitrogens with one attached hydrogen (secondary N) is 1. The molecule has 1 aromatic heterocycles. The Hall–Kier alpha value is -1.98. The van der Waals surface area contributed by atoms with Crippen molar-refractivity contribution >= 4 is 0 Å². The lowest BCUT2D eigenvalue weighted by molar-refractivity contribution is 0.245. The zero-order valence-corrected chi connectivity index (χ0v) is 12.6. The fourth-order valence-electron chi connectivity index (χ4n) is 2.32. The first kappa shape index (κ1) is 15.4. The number of aromatic hydroxyl groups is 2. The van der Waals surface area contributed by atoms with Crippen LogP contribution in [0.3, 0.4) is 0 Å². The second-order valence-corrected chi connectivity index (χ2v) is 5.37. The molecule has 0 radical (unpaired) electrons. The summed E-state index contributed by atoms with van der Waals surface area (Å²) in [4.78, 5) is 2.08. The molecule has 0 bridgehead atoms. The van der Waals surface area contributed by atoms with Crippen molar-refractivity contribution in [3.8, 4) is 11.5 Å². The van der Waals surface area contributed by atoms with Crippen LogP contribution in [0.5, 0.6) is 11.5 Å². The van der Waals surface area contributed by atoms with Crippen LogP contribution < -0.4 is 5.32 Å². The van der Waals surface area contributed by atoms with Crippen molar-refractivity contribution in [1.29, 1.82) is 0 Å². The van der Waals surface area contributed by atoms with Gasteiger partial charge >= 0.3 is 0 Å². The maximum atomic E-state index is 9.89. The van der Waals surface area contributed by atoms with Gasteiger partial charge in [-0.1, -0.05) is 6.07 Å². The van der Waals surface area contributed by atoms with Crippen LogP contribution in [0.15, 0.2) is 41.0 Å². The van der Waals surface area contributed by atoms with E-state index in [4.69, 9.17) is 4.42 Å². The number of hydrogen-bond acceptors (Lipinski definition) is 5. The molecule has 2 atom stereocenters. The molecule has 0 saturated carbocycles. The van der Waals surface area contributed by atoms with Crippen molar-refractivity contribution in [2.24, 2.45) is 0 Å². The lowest BCUT2D eigenvalue weighted by Crippen LogP contribution is -2.32. The molecule has 2 aromatic rings. The van der Waals surface area contributed by atoms with E-state index in [1.54, 1.807) is 18.4 Å². The second kappa shape index (κ2) is 6.65. The van der Waals surface area contributed by atoms with E-state index in [0.29, 0.717) is 6.54 Å². The molecular formula is C16H22N2O3. The molecule has 21 heavy (non-hydrogen) atoms. The zero-order chi connectivity index (χ0) is 15.4. The Balaban J connectivity index is 2.03. The summed E-state index contributed by atoms with van der Waals surface area (Å²) in [6.45, 7) is 2.66. The van der Waals surface area contributed by atoms with Gasteiger partial charge in [0.1, 0.15) is 17.3 Å². The van der Waals surface area contributed by atoms with Crippen LogP contribution in [-0.4, -0.2) is 35.8 Å². The Morgan fingerprint density at radius 2 is 2.00 bits per heavy atom. The zero-order valence-electron chi connectivity index (χ0n) is 12.6. The number of hydrogen-bond donors (Lipinski definition) is 3. The molecule has 2 unspecified atom stereocenters. The predicted molar refractivity (Wildman–Crippen MR) is 81.3 cm³/mol. The van der Waals surface area contributed by atoms with Crippen molar-refractivity contribution in [1.82, 2.24) is 10.2 Å². The fourth-order valence-corrected chi connectivity index (χ4v) is 2.32. The minimum Gasteiger partial charge on any atom is -0.508 e. The van der Waals surface area contributed by atoms with Crippen LogP contribution in [0.2, 0.25) is 0 Å². The van der Waals surface area contributed by atoms with Crippen LogP contribution in [-0.2, 0) is 0 Å². The van der Waals surface area contributed by atoms with E-state index in [9.17, 15) is 10.2 Å². The molecule has 114 valence electrons. The van der Waals surface area contributed by atoms with Gasteiger partial charge in [0, 0.05) is 24.2 Å². The van der Waals surface area contributed by atoms with E-state index in [0.717, 1.165) is 11.3 Å². The Labute approximate surface area is 124 Å². The molecular weight excluding hydrogens is 268 g/mol. The van der Waals surface area contributed by atoms with E-state index >= 15 is 0 Å². The van der Waals surface area contributed by atoms with Gasteiger partial charge in [0.05, 0.1) is 12.3 Å². The van der Waals surface area contributed by atoms with Crippen molar-refractivity contribution in [3.63, 3.8) is 0 Å². The number of furan rings is 1. The molecule has 5 nitrogen and oxygen atoms in total. The number of likely N-dealkylation sites (N-methyl/N-ethyl adjacent to an activating group) is 1. The molecule has 0 aliphatic rings. The Morgan fingerprint density at radius 1 is 1.24 bits per heavy atom. The van der Waals surface area contributed by atoms with E-state index in [1.807, 2.05) is 33.2 Å². The van der Waals surface area contributed by atoms with Crippen molar-refractivity contribution in [2.45, 2.75) is 19.0 Å². The van der Waals surface area contributed by atoms with Crippen LogP contribution in [0.4, 0.5) is 0 Å². The highest BCUT2D eigenvalue weighted by Gasteiger charge is 2.19. The summed E-state index contributed by atoms with van der Waals surface area (Å²) in [6.07, 6.45) is 1.67. The molecule has 3 N–H and O–H groups in total. The molecule has 2 rings (SSSR count). The standard InChI is InChI=1S/C16H22N2O3/c1-11(13-7-6-12(19)9-15(13)20)17-10-14(18(2)3)16-5-4-8-21-16/h4-9,11,14,17,19-20H,10H2,1-3H3. The number of phenols is 2. The maximum Gasteiger partial charge on any atom is 0.124 e. The van der Waals surface area contributed by atoms with E-state index in [1.165, 1.54) is 6.07 Å². The number of phenolic OH excluding ortho intramolecular Hbond substituents is 2. The van der Waals surface area contributed by atoms with Gasteiger partial charge in [-0.3, -0.25) is 4.90 Å². The molecule has 0 aliphatic heterocycles. The minimum absolute atomic E-state index is 0.0389. The van der Waals surface area contributed by atoms with Gasteiger partial charge in [0.2, 0.25) is 0 Å². The highest BCUT2D eigenvalue weighted by Crippen LogP contribution is 2.28. The monoisotopic (exact) mass is 290 g/mol. The van der Waals surface area contributed by atoms with Crippen LogP contribution in [0.1, 0.15) is 30.3 Å². The average molecular weight is 290 g/mol. The highest BCUT2D eigenvalue weighted by atomic mass is 16.3. The van der Waals surface area contributed by atoms with E-state index < -0.39 is 0 Å². The summed E-state index contributed by atoms with van der Waals surface area (Å²) >= 11 is 0. The third-order valence-corrected chi connectivity index (χ3v) is 3.59. The topological polar surface area (TPSA) is 68.9 Å². The lowest BCUT2D eigenvalue weighted by Gasteiger charge is -2.25. The van der Waals surface area contributed by atoms with Gasteiger partial charge in [-0.2, -0.15) is 0 Å². The van der Waals surface area contributed by atoms with Gasteiger partial charge in [-0.05, 0) is 39.2 Å². The van der Waals surface area contributed by atoms with Gasteiger partial charge in [-0.25, -0.2) is 0 Å². The predicted octanol–water partition coefficient (Wildman–Crippen LogP) is 2.64. The molecule has 0 aliphatic carbocycles. The van der Waals surface area contributed by atoms with Crippen molar-refractivity contribution in [2.75, 3.05) is 20.6 Å². The third-order valence-electron chi connectivity index (χ3n) is 3.59. The maximum absolute atomic E-state index is 9.89. The van der Waals surface area contributed by atoms with Gasteiger partial charge < -0.3 is 19.9 Å². The first-order valence-corrected chi connectivity index (χ1v) is 6.94. The molecule has 1 heterocycles. The van der Waals surface area contributed by atoms with E-state index in [-0.39, 0.29) is 23.6 Å². The summed E-state index contributed by atoms with van der Waals surface area (Å²) in [5, 5.41) is 22.6. The number of nitrogens with zero attached hydrogens (tertiary/aromatic N) is 1. The van der Waals surface area contributed by atoms with Crippen molar-refractivity contribution < 1.29 is 14.6 Å². The normalized spacial score (nSPS) is 14.3. The summed E-state index contributed by atoms with van der Waals surface area (Å²) in [5.41, 5.74) is 0.754. The third kappa shape index (κ3) is 3.77. The Morgan fingerprint density at radius 3 is 2.57 bits per heavy atom. The summed E-state index contributed by atoms with van der Waals surface area (Å²) in [6, 6.07) is 8.55. The van der Waals surface area contributed by atoms with Crippen LogP contribution >= 0.6 is 0 Å². The summed E-state index contributed by atoms with van der Waals surface area (Å²) in [5.74, 6) is 1.05. The SMILES string of the molecule is CC(NCC(c1ccco1)N(C)C)c1ccc(O)cc1O. The van der Waals surface area contributed by atoms with Gasteiger partial charge in [-0.15, -0.1) is 0 Å². The molecule has 0 amide bonds.